The fourth-order valence-corrected chi connectivity index (χ4v) is 5.77. The molecule has 0 aromatic carbocycles. The summed E-state index contributed by atoms with van der Waals surface area (Å²) in [6.07, 6.45) is 3.64. The normalized spacial score (nSPS) is 17.7. The molecule has 162 valence electrons. The second-order valence-electron chi connectivity index (χ2n) is 7.80. The van der Waals surface area contributed by atoms with Gasteiger partial charge in [0.1, 0.15) is 0 Å². The summed E-state index contributed by atoms with van der Waals surface area (Å²) >= 11 is 3.61. The van der Waals surface area contributed by atoms with Crippen LogP contribution in [0.5, 0.6) is 0 Å². The van der Waals surface area contributed by atoms with Gasteiger partial charge in [0, 0.05) is 50.1 Å². The smallest absolute Gasteiger partial charge is 0.224 e. The van der Waals surface area contributed by atoms with Crippen LogP contribution in [0.1, 0.15) is 36.6 Å². The highest BCUT2D eigenvalue weighted by Gasteiger charge is 2.22. The van der Waals surface area contributed by atoms with Crippen molar-refractivity contribution in [3.63, 3.8) is 0 Å². The molecule has 2 aliphatic rings. The van der Waals surface area contributed by atoms with Gasteiger partial charge in [-0.1, -0.05) is 0 Å². The number of guanidine groups is 1. The first-order chi connectivity index (χ1) is 14.7. The minimum Gasteiger partial charge on any atom is -0.363 e. The van der Waals surface area contributed by atoms with Crippen LogP contribution in [0.4, 0.5) is 5.00 Å². The Kier molecular flexibility index (Phi) is 7.28. The number of carbonyl (C=O) groups is 1. The van der Waals surface area contributed by atoms with Gasteiger partial charge in [-0.25, -0.2) is 0 Å². The van der Waals surface area contributed by atoms with E-state index in [0.717, 1.165) is 57.9 Å². The van der Waals surface area contributed by atoms with Gasteiger partial charge in [-0.3, -0.25) is 9.79 Å². The number of carbonyl (C=O) groups excluding carboxylic acids is 1. The van der Waals surface area contributed by atoms with Crippen LogP contribution in [0.25, 0.3) is 0 Å². The van der Waals surface area contributed by atoms with E-state index in [1.54, 1.807) is 11.3 Å². The van der Waals surface area contributed by atoms with E-state index in [0.29, 0.717) is 19.0 Å². The number of rotatable bonds is 6. The van der Waals surface area contributed by atoms with Gasteiger partial charge >= 0.3 is 0 Å². The molecule has 0 atom stereocenters. The molecule has 1 saturated heterocycles. The summed E-state index contributed by atoms with van der Waals surface area (Å²) < 4.78 is 0. The Hall–Kier alpha value is -2.06. The monoisotopic (exact) mass is 445 g/mol. The third-order valence-corrected chi connectivity index (χ3v) is 7.71. The number of piperidine rings is 1. The van der Waals surface area contributed by atoms with E-state index in [1.807, 2.05) is 16.2 Å². The number of hydrogen-bond donors (Lipinski definition) is 2. The number of nitrogens with one attached hydrogen (secondary N) is 2. The van der Waals surface area contributed by atoms with E-state index in [4.69, 9.17) is 0 Å². The molecule has 0 saturated carbocycles. The van der Waals surface area contributed by atoms with Crippen LogP contribution >= 0.6 is 22.7 Å². The lowest BCUT2D eigenvalue weighted by atomic mass is 10.1. The maximum Gasteiger partial charge on any atom is 0.224 e. The van der Waals surface area contributed by atoms with Crippen LogP contribution in [0.15, 0.2) is 34.0 Å². The second-order valence-corrected chi connectivity index (χ2v) is 9.73. The largest absolute Gasteiger partial charge is 0.363 e. The van der Waals surface area contributed by atoms with Crippen molar-refractivity contribution in [1.82, 2.24) is 15.5 Å². The second kappa shape index (κ2) is 10.3. The van der Waals surface area contributed by atoms with Gasteiger partial charge in [-0.2, -0.15) is 0 Å². The third kappa shape index (κ3) is 5.35. The van der Waals surface area contributed by atoms with Gasteiger partial charge in [0.05, 0.1) is 11.5 Å². The Balaban J connectivity index is 1.23. The molecule has 6 nitrogen and oxygen atoms in total. The highest BCUT2D eigenvalue weighted by atomic mass is 32.1. The number of amides is 1. The summed E-state index contributed by atoms with van der Waals surface area (Å²) in [5, 5.41) is 12.5. The number of fused-ring (bicyclic) bond motifs is 1. The Bertz CT molecular complexity index is 840. The van der Waals surface area contributed by atoms with Crippen molar-refractivity contribution < 1.29 is 4.79 Å². The highest BCUT2D eigenvalue weighted by molar-refractivity contribution is 7.14. The predicted molar refractivity (Wildman–Crippen MR) is 127 cm³/mol. The maximum atomic E-state index is 12.6. The number of hydrogen-bond acceptors (Lipinski definition) is 5. The summed E-state index contributed by atoms with van der Waals surface area (Å²) in [7, 11) is 0. The van der Waals surface area contributed by atoms with E-state index in [2.05, 4.69) is 56.4 Å². The molecule has 2 N–H and O–H groups in total. The van der Waals surface area contributed by atoms with E-state index < -0.39 is 0 Å². The third-order valence-electron chi connectivity index (χ3n) is 5.75. The lowest BCUT2D eigenvalue weighted by Gasteiger charge is -2.33. The zero-order chi connectivity index (χ0) is 20.8. The van der Waals surface area contributed by atoms with E-state index in [9.17, 15) is 4.79 Å². The van der Waals surface area contributed by atoms with Crippen LogP contribution in [0.3, 0.4) is 0 Å². The molecule has 1 fully saturated rings. The van der Waals surface area contributed by atoms with Gasteiger partial charge in [0.15, 0.2) is 5.96 Å². The standard InChI is InChI=1S/C22H31N5OS2/c1-2-23-22(25-18-6-11-26(12-7-18)21-4-3-14-30-21)24-10-5-20(28)27-13-8-19-17(16-27)9-15-29-19/h3-4,9,14-15,18H,2,5-8,10-13,16H2,1H3,(H2,23,24,25). The van der Waals surface area contributed by atoms with Crippen molar-refractivity contribution in [2.45, 2.75) is 45.2 Å². The molecule has 30 heavy (non-hydrogen) atoms. The summed E-state index contributed by atoms with van der Waals surface area (Å²) in [6, 6.07) is 6.88. The Labute approximate surface area is 187 Å². The number of anilines is 1. The minimum atomic E-state index is 0.204. The number of nitrogens with zero attached hydrogens (tertiary/aromatic N) is 3. The van der Waals surface area contributed by atoms with Crippen molar-refractivity contribution in [1.29, 1.82) is 0 Å². The molecule has 2 aliphatic heterocycles. The first-order valence-electron chi connectivity index (χ1n) is 10.9. The van der Waals surface area contributed by atoms with Crippen LogP contribution in [-0.4, -0.2) is 55.5 Å². The van der Waals surface area contributed by atoms with Gasteiger partial charge in [0.25, 0.3) is 0 Å². The quantitative estimate of drug-likeness (QED) is 0.529. The fraction of sp³-hybridized carbons (Fsp3) is 0.545. The van der Waals surface area contributed by atoms with Gasteiger partial charge in [0.2, 0.25) is 5.91 Å². The average Bonchev–Trinajstić information content (AvgIpc) is 3.46. The van der Waals surface area contributed by atoms with E-state index in [1.165, 1.54) is 15.4 Å². The van der Waals surface area contributed by atoms with E-state index >= 15 is 0 Å². The molecule has 0 aliphatic carbocycles. The molecule has 4 rings (SSSR count). The lowest BCUT2D eigenvalue weighted by Crippen LogP contribution is -2.48. The lowest BCUT2D eigenvalue weighted by molar-refractivity contribution is -0.131. The molecule has 0 unspecified atom stereocenters. The molecular weight excluding hydrogens is 414 g/mol. The number of aliphatic imine (C=N–C) groups is 1. The molecule has 2 aromatic rings. The van der Waals surface area contributed by atoms with Gasteiger partial charge in [-0.05, 0) is 60.7 Å². The van der Waals surface area contributed by atoms with Crippen LogP contribution in [-0.2, 0) is 17.8 Å². The topological polar surface area (TPSA) is 60.0 Å². The molecule has 0 bridgehead atoms. The molecule has 1 amide bonds. The van der Waals surface area contributed by atoms with Crippen molar-refractivity contribution in [3.05, 3.63) is 39.4 Å². The van der Waals surface area contributed by atoms with Crippen molar-refractivity contribution in [2.75, 3.05) is 37.6 Å². The van der Waals surface area contributed by atoms with Crippen molar-refractivity contribution in [3.8, 4) is 0 Å². The van der Waals surface area contributed by atoms with Gasteiger partial charge < -0.3 is 20.4 Å². The Morgan fingerprint density at radius 1 is 1.20 bits per heavy atom. The zero-order valence-corrected chi connectivity index (χ0v) is 19.2. The van der Waals surface area contributed by atoms with Crippen LogP contribution in [0.2, 0.25) is 0 Å². The molecule has 0 radical (unpaired) electrons. The summed E-state index contributed by atoms with van der Waals surface area (Å²) in [5.74, 6) is 1.04. The Morgan fingerprint density at radius 2 is 2.07 bits per heavy atom. The van der Waals surface area contributed by atoms with Crippen LogP contribution in [0, 0.1) is 0 Å². The van der Waals surface area contributed by atoms with Crippen LogP contribution < -0.4 is 15.5 Å². The summed E-state index contributed by atoms with van der Waals surface area (Å²) in [4.78, 5) is 23.2. The first-order valence-corrected chi connectivity index (χ1v) is 12.6. The molecule has 2 aromatic heterocycles. The summed E-state index contributed by atoms with van der Waals surface area (Å²) in [5.41, 5.74) is 1.31. The zero-order valence-electron chi connectivity index (χ0n) is 17.6. The van der Waals surface area contributed by atoms with Gasteiger partial charge in [-0.15, -0.1) is 22.7 Å². The highest BCUT2D eigenvalue weighted by Crippen LogP contribution is 2.25. The molecule has 4 heterocycles. The molecule has 8 heteroatoms. The fourth-order valence-electron chi connectivity index (χ4n) is 4.09. The van der Waals surface area contributed by atoms with Crippen molar-refractivity contribution >= 4 is 39.5 Å². The Morgan fingerprint density at radius 3 is 2.83 bits per heavy atom. The predicted octanol–water partition coefficient (Wildman–Crippen LogP) is 3.31. The molecular formula is C22H31N5OS2. The molecule has 0 spiro atoms. The first kappa shape index (κ1) is 21.2. The SMILES string of the molecule is CCNC(=NCCC(=O)N1CCc2sccc2C1)NC1CCN(c2cccs2)CC1. The average molecular weight is 446 g/mol. The minimum absolute atomic E-state index is 0.204. The maximum absolute atomic E-state index is 12.6. The number of thiophene rings is 2. The van der Waals surface area contributed by atoms with E-state index in [-0.39, 0.29) is 5.91 Å². The summed E-state index contributed by atoms with van der Waals surface area (Å²) in [6.45, 7) is 7.13. The van der Waals surface area contributed by atoms with Crippen molar-refractivity contribution in [2.24, 2.45) is 4.99 Å².